The van der Waals surface area contributed by atoms with E-state index in [1.807, 2.05) is 0 Å². The Bertz CT molecular complexity index is 596. The summed E-state index contributed by atoms with van der Waals surface area (Å²) in [5, 5.41) is 9.79. The minimum Gasteiger partial charge on any atom is -0.370 e. The van der Waals surface area contributed by atoms with Crippen molar-refractivity contribution < 1.29 is 13.2 Å². The van der Waals surface area contributed by atoms with E-state index in [1.54, 1.807) is 13.8 Å². The number of aryl methyl sites for hydroxylation is 1. The lowest BCUT2D eigenvalue weighted by molar-refractivity contribution is -0.137. The van der Waals surface area contributed by atoms with Crippen LogP contribution in [0.3, 0.4) is 0 Å². The third-order valence-corrected chi connectivity index (χ3v) is 3.04. The molecule has 2 aromatic heterocycles. The molecule has 0 radical (unpaired) electrons. The van der Waals surface area contributed by atoms with Crippen LogP contribution < -0.4 is 5.32 Å². The Balaban J connectivity index is 2.33. The lowest BCUT2D eigenvalue weighted by Crippen LogP contribution is -2.08. The first-order valence-corrected chi connectivity index (χ1v) is 6.60. The van der Waals surface area contributed by atoms with E-state index in [2.05, 4.69) is 25.5 Å². The van der Waals surface area contributed by atoms with E-state index in [4.69, 9.17) is 0 Å². The van der Waals surface area contributed by atoms with Crippen LogP contribution in [0.1, 0.15) is 18.3 Å². The largest absolute Gasteiger partial charge is 0.416 e. The van der Waals surface area contributed by atoms with Crippen LogP contribution in [0.5, 0.6) is 0 Å². The van der Waals surface area contributed by atoms with E-state index in [0.717, 1.165) is 23.9 Å². The van der Waals surface area contributed by atoms with Crippen molar-refractivity contribution in [2.45, 2.75) is 30.2 Å². The average molecular weight is 303 g/mol. The number of aromatic amines is 1. The Morgan fingerprint density at radius 1 is 1.30 bits per heavy atom. The summed E-state index contributed by atoms with van der Waals surface area (Å²) in [5.41, 5.74) is -0.752. The monoisotopic (exact) mass is 303 g/mol. The molecular formula is C11H12F3N5S. The Hall–Kier alpha value is -1.77. The maximum absolute atomic E-state index is 12.8. The fourth-order valence-corrected chi connectivity index (χ4v) is 2.25. The number of rotatable bonds is 4. The molecule has 0 atom stereocenters. The van der Waals surface area contributed by atoms with Gasteiger partial charge >= 0.3 is 6.18 Å². The second kappa shape index (κ2) is 5.70. The molecule has 0 aliphatic heterocycles. The molecule has 0 aliphatic carbocycles. The van der Waals surface area contributed by atoms with E-state index in [0.29, 0.717) is 17.5 Å². The fourth-order valence-electron chi connectivity index (χ4n) is 1.45. The Labute approximate surface area is 117 Å². The molecule has 5 nitrogen and oxygen atoms in total. The van der Waals surface area contributed by atoms with Gasteiger partial charge in [-0.1, -0.05) is 0 Å². The van der Waals surface area contributed by atoms with Crippen LogP contribution >= 0.6 is 11.8 Å². The molecule has 2 N–H and O–H groups in total. The molecule has 0 spiro atoms. The minimum atomic E-state index is -4.42. The average Bonchev–Trinajstić information content (AvgIpc) is 2.74. The van der Waals surface area contributed by atoms with Crippen LogP contribution in [-0.4, -0.2) is 26.7 Å². The predicted octanol–water partition coefficient (Wildman–Crippen LogP) is 3.11. The predicted molar refractivity (Wildman–Crippen MR) is 68.6 cm³/mol. The van der Waals surface area contributed by atoms with Gasteiger partial charge in [-0.05, 0) is 37.7 Å². The van der Waals surface area contributed by atoms with Crippen LogP contribution in [0.25, 0.3) is 0 Å². The molecule has 0 saturated heterocycles. The highest BCUT2D eigenvalue weighted by atomic mass is 32.2. The molecule has 0 unspecified atom stereocenters. The van der Waals surface area contributed by atoms with Gasteiger partial charge in [0, 0.05) is 6.54 Å². The van der Waals surface area contributed by atoms with Crippen LogP contribution in [0.4, 0.5) is 19.0 Å². The summed E-state index contributed by atoms with van der Waals surface area (Å²) in [4.78, 5) is 8.13. The highest BCUT2D eigenvalue weighted by Gasteiger charge is 2.31. The topological polar surface area (TPSA) is 66.5 Å². The van der Waals surface area contributed by atoms with Gasteiger partial charge in [0.25, 0.3) is 0 Å². The smallest absolute Gasteiger partial charge is 0.370 e. The molecule has 0 fully saturated rings. The van der Waals surface area contributed by atoms with E-state index in [-0.39, 0.29) is 10.8 Å². The molecule has 20 heavy (non-hydrogen) atoms. The van der Waals surface area contributed by atoms with Gasteiger partial charge < -0.3 is 5.32 Å². The normalized spacial score (nSPS) is 11.7. The number of pyridine rings is 1. The number of H-pyrrole nitrogens is 1. The zero-order valence-corrected chi connectivity index (χ0v) is 11.6. The van der Waals surface area contributed by atoms with Crippen molar-refractivity contribution in [1.29, 1.82) is 0 Å². The van der Waals surface area contributed by atoms with E-state index in [9.17, 15) is 13.2 Å². The van der Waals surface area contributed by atoms with Crippen LogP contribution in [0.15, 0.2) is 22.3 Å². The first-order chi connectivity index (χ1) is 9.38. The van der Waals surface area contributed by atoms with Gasteiger partial charge in [-0.3, -0.25) is 5.10 Å². The van der Waals surface area contributed by atoms with Crippen molar-refractivity contribution in [3.63, 3.8) is 0 Å². The Kier molecular flexibility index (Phi) is 4.17. The number of nitrogens with one attached hydrogen (secondary N) is 2. The van der Waals surface area contributed by atoms with E-state index < -0.39 is 11.7 Å². The molecule has 0 aliphatic rings. The Morgan fingerprint density at radius 3 is 2.60 bits per heavy atom. The zero-order valence-electron chi connectivity index (χ0n) is 10.7. The maximum Gasteiger partial charge on any atom is 0.416 e. The summed E-state index contributed by atoms with van der Waals surface area (Å²) in [6.07, 6.45) is -4.42. The first-order valence-electron chi connectivity index (χ1n) is 5.78. The summed E-state index contributed by atoms with van der Waals surface area (Å²) < 4.78 is 38.5. The number of halogens is 3. The molecule has 2 aromatic rings. The summed E-state index contributed by atoms with van der Waals surface area (Å²) in [6, 6.07) is 1.97. The van der Waals surface area contributed by atoms with Crippen LogP contribution in [0.2, 0.25) is 0 Å². The number of nitrogens with zero attached hydrogens (tertiary/aromatic N) is 3. The summed E-state index contributed by atoms with van der Waals surface area (Å²) in [5.74, 6) is 0.767. The van der Waals surface area contributed by atoms with Gasteiger partial charge in [0.1, 0.15) is 16.7 Å². The van der Waals surface area contributed by atoms with Crippen LogP contribution in [0, 0.1) is 6.92 Å². The molecular weight excluding hydrogens is 291 g/mol. The van der Waals surface area contributed by atoms with Gasteiger partial charge in [-0.25, -0.2) is 9.97 Å². The van der Waals surface area contributed by atoms with Crippen molar-refractivity contribution in [3.05, 3.63) is 23.5 Å². The third-order valence-electron chi connectivity index (χ3n) is 2.26. The lowest BCUT2D eigenvalue weighted by atomic mass is 10.2. The number of hydrogen-bond donors (Lipinski definition) is 2. The SMILES string of the molecule is CCNc1cc(C(F)(F)F)cc(Sc2n[nH]c(C)n2)n1. The molecule has 0 amide bonds. The minimum absolute atomic E-state index is 0.178. The zero-order chi connectivity index (χ0) is 14.8. The fraction of sp³-hybridized carbons (Fsp3) is 0.364. The van der Waals surface area contributed by atoms with Gasteiger partial charge in [0.15, 0.2) is 0 Å². The Morgan fingerprint density at radius 2 is 2.05 bits per heavy atom. The highest BCUT2D eigenvalue weighted by Crippen LogP contribution is 2.34. The van der Waals surface area contributed by atoms with E-state index in [1.165, 1.54) is 0 Å². The molecule has 0 bridgehead atoms. The first kappa shape index (κ1) is 14.6. The standard InChI is InChI=1S/C11H12F3N5S/c1-3-15-8-4-7(11(12,13)14)5-9(17-8)20-10-16-6(2)18-19-10/h4-5H,3H2,1-2H3,(H,15,17)(H,16,18,19). The number of aromatic nitrogens is 4. The lowest BCUT2D eigenvalue weighted by Gasteiger charge is -2.11. The number of alkyl halides is 3. The third kappa shape index (κ3) is 3.62. The molecule has 9 heteroatoms. The second-order valence-corrected chi connectivity index (χ2v) is 4.90. The second-order valence-electron chi connectivity index (χ2n) is 3.91. The molecule has 108 valence electrons. The summed E-state index contributed by atoms with van der Waals surface area (Å²) in [6.45, 7) is 3.98. The molecule has 0 saturated carbocycles. The van der Waals surface area contributed by atoms with E-state index >= 15 is 0 Å². The molecule has 0 aromatic carbocycles. The maximum atomic E-state index is 12.8. The van der Waals surface area contributed by atoms with Gasteiger partial charge in [-0.2, -0.15) is 13.2 Å². The van der Waals surface area contributed by atoms with Crippen molar-refractivity contribution >= 4 is 17.6 Å². The quantitative estimate of drug-likeness (QED) is 0.908. The van der Waals surface area contributed by atoms with Crippen molar-refractivity contribution in [1.82, 2.24) is 20.2 Å². The van der Waals surface area contributed by atoms with Crippen molar-refractivity contribution in [3.8, 4) is 0 Å². The van der Waals surface area contributed by atoms with Gasteiger partial charge in [0.05, 0.1) is 5.56 Å². The highest BCUT2D eigenvalue weighted by molar-refractivity contribution is 7.99. The van der Waals surface area contributed by atoms with Crippen LogP contribution in [-0.2, 0) is 6.18 Å². The molecule has 2 heterocycles. The molecule has 2 rings (SSSR count). The van der Waals surface area contributed by atoms with Crippen molar-refractivity contribution in [2.24, 2.45) is 0 Å². The van der Waals surface area contributed by atoms with Gasteiger partial charge in [-0.15, -0.1) is 5.10 Å². The summed E-state index contributed by atoms with van der Waals surface area (Å²) >= 11 is 0.974. The van der Waals surface area contributed by atoms with Crippen molar-refractivity contribution in [2.75, 3.05) is 11.9 Å². The summed E-state index contributed by atoms with van der Waals surface area (Å²) in [7, 11) is 0. The van der Waals surface area contributed by atoms with Gasteiger partial charge in [0.2, 0.25) is 5.16 Å². The number of hydrogen-bond acceptors (Lipinski definition) is 5. The number of anilines is 1.